The summed E-state index contributed by atoms with van der Waals surface area (Å²) in [7, 11) is -2.03. The van der Waals surface area contributed by atoms with E-state index < -0.39 is 16.1 Å². The van der Waals surface area contributed by atoms with Gasteiger partial charge < -0.3 is 9.84 Å². The highest BCUT2D eigenvalue weighted by Gasteiger charge is 2.38. The number of rotatable bonds is 6. The lowest BCUT2D eigenvalue weighted by atomic mass is 10.0. The maximum atomic E-state index is 13.7. The fourth-order valence-electron chi connectivity index (χ4n) is 4.41. The van der Waals surface area contributed by atoms with Gasteiger partial charge in [-0.15, -0.1) is 0 Å². The second-order valence-electron chi connectivity index (χ2n) is 9.69. The molecule has 0 spiro atoms. The lowest BCUT2D eigenvalue weighted by molar-refractivity contribution is 0.0733. The normalized spacial score (nSPS) is 19.8. The van der Waals surface area contributed by atoms with Gasteiger partial charge in [0.1, 0.15) is 28.3 Å². The van der Waals surface area contributed by atoms with Gasteiger partial charge in [-0.25, -0.2) is 17.8 Å². The number of aliphatic hydroxyl groups excluding tert-OH is 1. The molecule has 1 N–H and O–H groups in total. The van der Waals surface area contributed by atoms with Crippen LogP contribution in [0.25, 0.3) is 0 Å². The molecule has 1 aromatic heterocycles. The van der Waals surface area contributed by atoms with E-state index in [1.165, 1.54) is 22.5 Å². The predicted octanol–water partition coefficient (Wildman–Crippen LogP) is 3.52. The molecule has 9 heteroatoms. The molecule has 0 saturated carbocycles. The van der Waals surface area contributed by atoms with Crippen LogP contribution in [-0.2, 0) is 16.6 Å². The van der Waals surface area contributed by atoms with Gasteiger partial charge in [0.25, 0.3) is 0 Å². The zero-order valence-corrected chi connectivity index (χ0v) is 22.5. The lowest BCUT2D eigenvalue weighted by Gasteiger charge is -2.37. The maximum absolute atomic E-state index is 13.7. The molecule has 0 bridgehead atoms. The van der Waals surface area contributed by atoms with Crippen molar-refractivity contribution < 1.29 is 22.7 Å². The Morgan fingerprint density at radius 1 is 1.18 bits per heavy atom. The van der Waals surface area contributed by atoms with E-state index in [4.69, 9.17) is 4.74 Å². The molecule has 2 heterocycles. The molecule has 1 aliphatic rings. The van der Waals surface area contributed by atoms with Gasteiger partial charge in [-0.1, -0.05) is 31.0 Å². The van der Waals surface area contributed by atoms with Gasteiger partial charge in [-0.2, -0.15) is 4.31 Å². The fourth-order valence-corrected chi connectivity index (χ4v) is 6.24. The van der Waals surface area contributed by atoms with Crippen LogP contribution in [-0.4, -0.2) is 66.6 Å². The minimum atomic E-state index is -3.94. The molecule has 0 fully saturated rings. The summed E-state index contributed by atoms with van der Waals surface area (Å²) in [6.45, 7) is 4.47. The van der Waals surface area contributed by atoms with Gasteiger partial charge in [0.15, 0.2) is 0 Å². The van der Waals surface area contributed by atoms with Gasteiger partial charge in [0.2, 0.25) is 10.0 Å². The molecule has 0 saturated heterocycles. The number of halogens is 1. The molecule has 0 amide bonds. The zero-order valence-electron chi connectivity index (χ0n) is 21.7. The van der Waals surface area contributed by atoms with Crippen molar-refractivity contribution in [2.75, 3.05) is 26.7 Å². The molecule has 38 heavy (non-hydrogen) atoms. The number of fused-ring (bicyclic) bond motifs is 1. The number of aliphatic hydroxyl groups is 1. The molecule has 0 aliphatic carbocycles. The van der Waals surface area contributed by atoms with Crippen LogP contribution in [0.3, 0.4) is 0 Å². The van der Waals surface area contributed by atoms with E-state index >= 15 is 0 Å². The zero-order chi connectivity index (χ0) is 27.3. The van der Waals surface area contributed by atoms with Crippen LogP contribution in [0.4, 0.5) is 4.39 Å². The summed E-state index contributed by atoms with van der Waals surface area (Å²) in [5.41, 5.74) is 2.02. The van der Waals surface area contributed by atoms with E-state index in [9.17, 15) is 17.9 Å². The molecule has 0 radical (unpaired) electrons. The first kappa shape index (κ1) is 27.7. The van der Waals surface area contributed by atoms with Crippen LogP contribution in [0.5, 0.6) is 5.75 Å². The summed E-state index contributed by atoms with van der Waals surface area (Å²) >= 11 is 0. The molecular weight excluding hydrogens is 505 g/mol. The largest absolute Gasteiger partial charge is 0.487 e. The van der Waals surface area contributed by atoms with Gasteiger partial charge in [-0.3, -0.25) is 4.90 Å². The van der Waals surface area contributed by atoms with E-state index in [2.05, 4.69) is 16.8 Å². The van der Waals surface area contributed by atoms with E-state index in [1.807, 2.05) is 31.0 Å². The Morgan fingerprint density at radius 2 is 2.00 bits per heavy atom. The van der Waals surface area contributed by atoms with Crippen molar-refractivity contribution in [3.8, 4) is 17.6 Å². The Balaban J connectivity index is 1.68. The number of benzene rings is 2. The summed E-state index contributed by atoms with van der Waals surface area (Å²) in [5, 5.41) is 9.84. The molecule has 3 aromatic rings. The van der Waals surface area contributed by atoms with Gasteiger partial charge >= 0.3 is 0 Å². The molecule has 4 rings (SSSR count). The first-order valence-corrected chi connectivity index (χ1v) is 13.9. The Hall–Kier alpha value is -3.29. The van der Waals surface area contributed by atoms with Crippen LogP contribution in [0, 0.1) is 23.6 Å². The van der Waals surface area contributed by atoms with Gasteiger partial charge in [0, 0.05) is 43.4 Å². The first-order chi connectivity index (χ1) is 18.2. The smallest absolute Gasteiger partial charge is 0.247 e. The summed E-state index contributed by atoms with van der Waals surface area (Å²) in [4.78, 5) is 6.26. The minimum absolute atomic E-state index is 0.0332. The van der Waals surface area contributed by atoms with Crippen molar-refractivity contribution in [3.05, 3.63) is 89.5 Å². The number of likely N-dealkylation sites (N-methyl/N-ethyl adjacent to an activating group) is 1. The van der Waals surface area contributed by atoms with Crippen molar-refractivity contribution in [3.63, 3.8) is 0 Å². The summed E-state index contributed by atoms with van der Waals surface area (Å²) in [6.07, 6.45) is 1.28. The second-order valence-corrected chi connectivity index (χ2v) is 11.6. The number of hydrogen-bond donors (Lipinski definition) is 1. The van der Waals surface area contributed by atoms with Crippen molar-refractivity contribution in [2.24, 2.45) is 5.92 Å². The average molecular weight is 538 g/mol. The lowest BCUT2D eigenvalue weighted by Crippen LogP contribution is -2.49. The Morgan fingerprint density at radius 3 is 2.71 bits per heavy atom. The summed E-state index contributed by atoms with van der Waals surface area (Å²) in [6, 6.07) is 16.1. The number of nitrogens with zero attached hydrogens (tertiary/aromatic N) is 3. The molecule has 1 aliphatic heterocycles. The van der Waals surface area contributed by atoms with Crippen molar-refractivity contribution in [2.45, 2.75) is 37.4 Å². The van der Waals surface area contributed by atoms with Crippen LogP contribution in [0.15, 0.2) is 71.8 Å². The van der Waals surface area contributed by atoms with E-state index in [0.29, 0.717) is 24.3 Å². The molecule has 0 unspecified atom stereocenters. The Bertz CT molecular complexity index is 1420. The van der Waals surface area contributed by atoms with Crippen molar-refractivity contribution in [1.29, 1.82) is 0 Å². The molecule has 7 nitrogen and oxygen atoms in total. The third kappa shape index (κ3) is 6.58. The van der Waals surface area contributed by atoms with Crippen molar-refractivity contribution in [1.82, 2.24) is 14.2 Å². The predicted molar refractivity (Wildman–Crippen MR) is 143 cm³/mol. The van der Waals surface area contributed by atoms with Crippen molar-refractivity contribution >= 4 is 10.0 Å². The Kier molecular flexibility index (Phi) is 8.80. The standard InChI is InChI=1S/C29H32FN3O4S/c1-21-17-33(22(2)20-34)38(35,36)29-13-11-23(10-12-26-9-4-5-14-31-26)16-27(29)37-28(21)19-32(3)18-24-7-6-8-25(30)15-24/h4-9,11,13-16,21-22,28,34H,17-20H2,1-3H3/t21-,22+,28+/m0/s1. The second kappa shape index (κ2) is 12.0. The summed E-state index contributed by atoms with van der Waals surface area (Å²) in [5.74, 6) is 5.74. The topological polar surface area (TPSA) is 83.0 Å². The highest BCUT2D eigenvalue weighted by Crippen LogP contribution is 2.34. The van der Waals surface area contributed by atoms with Crippen LogP contribution in [0.1, 0.15) is 30.7 Å². The van der Waals surface area contributed by atoms with Gasteiger partial charge in [0.05, 0.1) is 6.61 Å². The van der Waals surface area contributed by atoms with Crippen LogP contribution >= 0.6 is 0 Å². The summed E-state index contributed by atoms with van der Waals surface area (Å²) < 4.78 is 48.8. The number of pyridine rings is 1. The molecule has 2 aromatic carbocycles. The Labute approximate surface area is 223 Å². The molecular formula is C29H32FN3O4S. The average Bonchev–Trinajstić information content (AvgIpc) is 2.89. The molecule has 3 atom stereocenters. The number of sulfonamides is 1. The third-order valence-corrected chi connectivity index (χ3v) is 8.52. The van der Waals surface area contributed by atoms with Crippen LogP contribution in [0.2, 0.25) is 0 Å². The number of hydrogen-bond acceptors (Lipinski definition) is 6. The monoisotopic (exact) mass is 537 g/mol. The van der Waals surface area contributed by atoms with E-state index in [0.717, 1.165) is 5.56 Å². The highest BCUT2D eigenvalue weighted by atomic mass is 32.2. The molecule has 200 valence electrons. The minimum Gasteiger partial charge on any atom is -0.487 e. The van der Waals surface area contributed by atoms with E-state index in [-0.39, 0.29) is 41.6 Å². The quantitative estimate of drug-likeness (QED) is 0.485. The third-order valence-electron chi connectivity index (χ3n) is 6.50. The first-order valence-electron chi connectivity index (χ1n) is 12.5. The number of aromatic nitrogens is 1. The SMILES string of the molecule is C[C@H](CO)N1C[C@H](C)[C@@H](CN(C)Cc2cccc(F)c2)Oc2cc(C#Cc3ccccn3)ccc2S1(=O)=O. The van der Waals surface area contributed by atoms with Crippen LogP contribution < -0.4 is 4.74 Å². The fraction of sp³-hybridized carbons (Fsp3) is 0.345. The highest BCUT2D eigenvalue weighted by molar-refractivity contribution is 7.89. The van der Waals surface area contributed by atoms with E-state index in [1.54, 1.807) is 43.5 Å². The number of ether oxygens (including phenoxy) is 1. The maximum Gasteiger partial charge on any atom is 0.247 e. The van der Waals surface area contributed by atoms with Gasteiger partial charge in [-0.05, 0) is 67.9 Å².